The lowest BCUT2D eigenvalue weighted by atomic mass is 9.97. The number of fused-ring (bicyclic) bond motifs is 2. The second-order valence-electron chi connectivity index (χ2n) is 6.33. The smallest absolute Gasteiger partial charge is 0.0702 e. The van der Waals surface area contributed by atoms with Gasteiger partial charge in [-0.2, -0.15) is 0 Å². The minimum Gasteiger partial charge on any atom is -0.310 e. The van der Waals surface area contributed by atoms with Crippen molar-refractivity contribution in [1.82, 2.24) is 10.3 Å². The van der Waals surface area contributed by atoms with Crippen LogP contribution in [0.2, 0.25) is 0 Å². The number of hydrogen-bond acceptors (Lipinski definition) is 2. The Morgan fingerprint density at radius 1 is 1.25 bits per heavy atom. The molecule has 4 rings (SSSR count). The maximum atomic E-state index is 4.65. The van der Waals surface area contributed by atoms with Crippen LogP contribution in [-0.2, 0) is 0 Å². The summed E-state index contributed by atoms with van der Waals surface area (Å²) in [7, 11) is 0. The average Bonchev–Trinajstić information content (AvgIpc) is 2.94. The van der Waals surface area contributed by atoms with Crippen LogP contribution in [0.15, 0.2) is 36.5 Å². The molecule has 0 aliphatic heterocycles. The number of aromatic nitrogens is 1. The second-order valence-corrected chi connectivity index (χ2v) is 6.33. The Hall–Kier alpha value is -1.41. The van der Waals surface area contributed by atoms with Gasteiger partial charge in [-0.15, -0.1) is 0 Å². The van der Waals surface area contributed by atoms with Gasteiger partial charge in [-0.1, -0.05) is 31.5 Å². The molecule has 0 radical (unpaired) electrons. The number of nitrogens with zero attached hydrogens (tertiary/aromatic N) is 1. The van der Waals surface area contributed by atoms with E-state index in [0.29, 0.717) is 6.04 Å². The van der Waals surface area contributed by atoms with Crippen LogP contribution < -0.4 is 5.32 Å². The molecule has 3 unspecified atom stereocenters. The lowest BCUT2D eigenvalue weighted by Crippen LogP contribution is -2.24. The van der Waals surface area contributed by atoms with Crippen LogP contribution in [0, 0.1) is 17.8 Å². The van der Waals surface area contributed by atoms with E-state index < -0.39 is 0 Å². The van der Waals surface area contributed by atoms with Gasteiger partial charge in [0.25, 0.3) is 0 Å². The van der Waals surface area contributed by atoms with Crippen molar-refractivity contribution in [2.24, 2.45) is 17.8 Å². The maximum Gasteiger partial charge on any atom is 0.0702 e. The fourth-order valence-corrected chi connectivity index (χ4v) is 4.33. The molecule has 2 saturated carbocycles. The Balaban J connectivity index is 1.67. The van der Waals surface area contributed by atoms with Crippen molar-refractivity contribution in [3.05, 3.63) is 42.1 Å². The number of para-hydroxylation sites is 1. The molecule has 1 heterocycles. The molecule has 1 aromatic carbocycles. The summed E-state index contributed by atoms with van der Waals surface area (Å²) in [5.41, 5.74) is 2.48. The molecule has 3 atom stereocenters. The third-order valence-corrected chi connectivity index (χ3v) is 5.25. The first-order chi connectivity index (χ1) is 9.88. The Bertz CT molecular complexity index is 612. The summed E-state index contributed by atoms with van der Waals surface area (Å²) in [6, 6.07) is 11.3. The van der Waals surface area contributed by atoms with Gasteiger partial charge in [0.2, 0.25) is 0 Å². The molecular weight excluding hydrogens is 244 g/mol. The third kappa shape index (κ3) is 1.94. The molecule has 2 fully saturated rings. The number of pyridine rings is 1. The highest BCUT2D eigenvalue weighted by atomic mass is 14.9. The van der Waals surface area contributed by atoms with Crippen LogP contribution in [0.1, 0.15) is 37.8 Å². The lowest BCUT2D eigenvalue weighted by Gasteiger charge is -2.20. The van der Waals surface area contributed by atoms with Crippen LogP contribution in [-0.4, -0.2) is 11.5 Å². The highest BCUT2D eigenvalue weighted by molar-refractivity contribution is 5.78. The summed E-state index contributed by atoms with van der Waals surface area (Å²) >= 11 is 0. The van der Waals surface area contributed by atoms with Crippen LogP contribution in [0.5, 0.6) is 0 Å². The van der Waals surface area contributed by atoms with Crippen molar-refractivity contribution in [3.8, 4) is 0 Å². The van der Waals surface area contributed by atoms with Crippen molar-refractivity contribution < 1.29 is 0 Å². The van der Waals surface area contributed by atoms with Gasteiger partial charge in [-0.3, -0.25) is 4.98 Å². The number of hydrogen-bond donors (Lipinski definition) is 1. The van der Waals surface area contributed by atoms with Crippen LogP contribution in [0.3, 0.4) is 0 Å². The van der Waals surface area contributed by atoms with Crippen molar-refractivity contribution in [3.63, 3.8) is 0 Å². The second kappa shape index (κ2) is 4.85. The van der Waals surface area contributed by atoms with Crippen LogP contribution in [0.4, 0.5) is 0 Å². The summed E-state index contributed by atoms with van der Waals surface area (Å²) in [5.74, 6) is 2.81. The van der Waals surface area contributed by atoms with E-state index in [4.69, 9.17) is 0 Å². The van der Waals surface area contributed by atoms with E-state index in [9.17, 15) is 0 Å². The average molecular weight is 266 g/mol. The van der Waals surface area contributed by atoms with E-state index in [1.54, 1.807) is 0 Å². The van der Waals surface area contributed by atoms with Gasteiger partial charge in [-0.25, -0.2) is 0 Å². The monoisotopic (exact) mass is 266 g/mol. The molecule has 2 aliphatic carbocycles. The van der Waals surface area contributed by atoms with Gasteiger partial charge in [0.1, 0.15) is 0 Å². The molecule has 1 N–H and O–H groups in total. The summed E-state index contributed by atoms with van der Waals surface area (Å²) in [6.07, 6.45) is 6.42. The molecule has 2 nitrogen and oxygen atoms in total. The molecule has 104 valence electrons. The minimum atomic E-state index is 0.507. The topological polar surface area (TPSA) is 24.9 Å². The number of nitrogens with one attached hydrogen (secondary N) is 1. The summed E-state index contributed by atoms with van der Waals surface area (Å²) in [4.78, 5) is 4.65. The van der Waals surface area contributed by atoms with Gasteiger partial charge in [-0.05, 0) is 54.8 Å². The standard InChI is InChI=1S/C18H22N2/c1-2-19-18(17-14-7-5-8-15(14)17)13-10-12-6-3-4-9-16(12)20-11-13/h3-4,6,9-11,14-15,17-19H,2,5,7-8H2,1H3. The molecule has 2 aromatic rings. The molecule has 2 aliphatic rings. The molecule has 0 saturated heterocycles. The zero-order valence-electron chi connectivity index (χ0n) is 12.0. The molecule has 0 amide bonds. The van der Waals surface area contributed by atoms with Crippen molar-refractivity contribution in [2.45, 2.75) is 32.2 Å². The van der Waals surface area contributed by atoms with Gasteiger partial charge in [0.05, 0.1) is 5.52 Å². The predicted octanol–water partition coefficient (Wildman–Crippen LogP) is 3.93. The quantitative estimate of drug-likeness (QED) is 0.907. The van der Waals surface area contributed by atoms with Crippen molar-refractivity contribution in [2.75, 3.05) is 6.54 Å². The molecule has 20 heavy (non-hydrogen) atoms. The van der Waals surface area contributed by atoms with Gasteiger partial charge < -0.3 is 5.32 Å². The SMILES string of the molecule is CCNC(c1cnc2ccccc2c1)C1C2CCCC21. The minimum absolute atomic E-state index is 0.507. The van der Waals surface area contributed by atoms with Gasteiger partial charge >= 0.3 is 0 Å². The summed E-state index contributed by atoms with van der Waals surface area (Å²) in [6.45, 7) is 3.24. The summed E-state index contributed by atoms with van der Waals surface area (Å²) < 4.78 is 0. The Morgan fingerprint density at radius 2 is 2.05 bits per heavy atom. The van der Waals surface area contributed by atoms with E-state index in [0.717, 1.165) is 29.8 Å². The van der Waals surface area contributed by atoms with Crippen molar-refractivity contribution in [1.29, 1.82) is 0 Å². The van der Waals surface area contributed by atoms with Crippen molar-refractivity contribution >= 4 is 10.9 Å². The lowest BCUT2D eigenvalue weighted by molar-refractivity contribution is 0.425. The predicted molar refractivity (Wildman–Crippen MR) is 82.5 cm³/mol. The highest BCUT2D eigenvalue weighted by Crippen LogP contribution is 2.62. The van der Waals surface area contributed by atoms with Gasteiger partial charge in [0, 0.05) is 17.6 Å². The van der Waals surface area contributed by atoms with Crippen LogP contribution in [0.25, 0.3) is 10.9 Å². The zero-order valence-corrected chi connectivity index (χ0v) is 12.0. The largest absolute Gasteiger partial charge is 0.310 e. The Labute approximate surface area is 120 Å². The van der Waals surface area contributed by atoms with Crippen LogP contribution >= 0.6 is 0 Å². The van der Waals surface area contributed by atoms with E-state index in [-0.39, 0.29) is 0 Å². The van der Waals surface area contributed by atoms with E-state index >= 15 is 0 Å². The first-order valence-electron chi connectivity index (χ1n) is 7.96. The van der Waals surface area contributed by atoms with Gasteiger partial charge in [0.15, 0.2) is 0 Å². The highest BCUT2D eigenvalue weighted by Gasteiger charge is 2.55. The zero-order chi connectivity index (χ0) is 13.5. The molecule has 0 spiro atoms. The first-order valence-corrected chi connectivity index (χ1v) is 7.96. The fraction of sp³-hybridized carbons (Fsp3) is 0.500. The summed E-state index contributed by atoms with van der Waals surface area (Å²) in [5, 5.41) is 4.98. The first kappa shape index (κ1) is 12.3. The molecule has 2 heteroatoms. The Morgan fingerprint density at radius 3 is 2.85 bits per heavy atom. The maximum absolute atomic E-state index is 4.65. The third-order valence-electron chi connectivity index (χ3n) is 5.25. The molecule has 1 aromatic heterocycles. The number of rotatable bonds is 4. The van der Waals surface area contributed by atoms with E-state index in [2.05, 4.69) is 53.8 Å². The fourth-order valence-electron chi connectivity index (χ4n) is 4.33. The van der Waals surface area contributed by atoms with E-state index in [1.165, 1.54) is 30.2 Å². The Kier molecular flexibility index (Phi) is 2.99. The molecular formula is C18H22N2. The molecule has 0 bridgehead atoms. The normalized spacial score (nSPS) is 29.4. The number of benzene rings is 1. The van der Waals surface area contributed by atoms with E-state index in [1.807, 2.05) is 0 Å².